The standard InChI is InChI=1S/C22H22N4O3/c1-27-20-18(13-23-22(24-20)29-3)19-12-17(21(28-2)26-25-19)16-11-15(16)10-9-14-7-5-4-6-8-14/h4-10,12-13,15-16H,11H2,1-3H3/b10-9+/t15-,16?/m0/s1. The summed E-state index contributed by atoms with van der Waals surface area (Å²) in [6.45, 7) is 0. The fraction of sp³-hybridized carbons (Fsp3) is 0.273. The van der Waals surface area contributed by atoms with E-state index in [0.29, 0.717) is 34.9 Å². The highest BCUT2D eigenvalue weighted by molar-refractivity contribution is 5.65. The molecule has 0 saturated heterocycles. The van der Waals surface area contributed by atoms with Crippen LogP contribution in [0.1, 0.15) is 23.5 Å². The normalized spacial score (nSPS) is 17.9. The quantitative estimate of drug-likeness (QED) is 0.607. The molecule has 1 unspecified atom stereocenters. The molecule has 0 N–H and O–H groups in total. The Morgan fingerprint density at radius 3 is 2.48 bits per heavy atom. The average Bonchev–Trinajstić information content (AvgIpc) is 3.57. The van der Waals surface area contributed by atoms with Crippen molar-refractivity contribution in [3.05, 3.63) is 59.8 Å². The predicted molar refractivity (Wildman–Crippen MR) is 109 cm³/mol. The highest BCUT2D eigenvalue weighted by Gasteiger charge is 2.39. The van der Waals surface area contributed by atoms with Gasteiger partial charge < -0.3 is 14.2 Å². The van der Waals surface area contributed by atoms with Crippen molar-refractivity contribution >= 4 is 6.08 Å². The molecule has 148 valence electrons. The van der Waals surface area contributed by atoms with Crippen LogP contribution in [0.15, 0.2) is 48.7 Å². The molecule has 2 aromatic heterocycles. The summed E-state index contributed by atoms with van der Waals surface area (Å²) in [6.07, 6.45) is 7.08. The van der Waals surface area contributed by atoms with E-state index < -0.39 is 0 Å². The van der Waals surface area contributed by atoms with Gasteiger partial charge in [-0.15, -0.1) is 10.2 Å². The minimum Gasteiger partial charge on any atom is -0.480 e. The molecule has 7 heteroatoms. The maximum absolute atomic E-state index is 5.46. The molecule has 3 aromatic rings. The van der Waals surface area contributed by atoms with Crippen molar-refractivity contribution in [2.45, 2.75) is 12.3 Å². The van der Waals surface area contributed by atoms with Crippen LogP contribution < -0.4 is 14.2 Å². The van der Waals surface area contributed by atoms with Crippen molar-refractivity contribution in [3.8, 4) is 29.0 Å². The zero-order valence-electron chi connectivity index (χ0n) is 16.6. The fourth-order valence-corrected chi connectivity index (χ4v) is 3.32. The van der Waals surface area contributed by atoms with E-state index in [0.717, 1.165) is 12.0 Å². The summed E-state index contributed by atoms with van der Waals surface area (Å²) >= 11 is 0. The first-order valence-corrected chi connectivity index (χ1v) is 9.33. The molecule has 2 atom stereocenters. The molecule has 2 heterocycles. The van der Waals surface area contributed by atoms with Gasteiger partial charge in [0.2, 0.25) is 11.8 Å². The van der Waals surface area contributed by atoms with Crippen molar-refractivity contribution in [3.63, 3.8) is 0 Å². The number of nitrogens with zero attached hydrogens (tertiary/aromatic N) is 4. The van der Waals surface area contributed by atoms with Crippen LogP contribution in [0.3, 0.4) is 0 Å². The van der Waals surface area contributed by atoms with E-state index in [-0.39, 0.29) is 6.01 Å². The van der Waals surface area contributed by atoms with Gasteiger partial charge in [-0.1, -0.05) is 42.5 Å². The third kappa shape index (κ3) is 4.03. The molecule has 1 saturated carbocycles. The van der Waals surface area contributed by atoms with E-state index in [9.17, 15) is 0 Å². The van der Waals surface area contributed by atoms with Gasteiger partial charge in [0.05, 0.1) is 26.9 Å². The second-order valence-electron chi connectivity index (χ2n) is 6.75. The van der Waals surface area contributed by atoms with Gasteiger partial charge in [0, 0.05) is 11.8 Å². The Morgan fingerprint density at radius 1 is 0.966 bits per heavy atom. The van der Waals surface area contributed by atoms with Crippen LogP contribution >= 0.6 is 0 Å². The van der Waals surface area contributed by atoms with E-state index in [2.05, 4.69) is 44.5 Å². The number of aromatic nitrogens is 4. The van der Waals surface area contributed by atoms with Crippen LogP contribution in [-0.4, -0.2) is 41.5 Å². The summed E-state index contributed by atoms with van der Waals surface area (Å²) in [5.41, 5.74) is 3.51. The molecule has 1 aliphatic rings. The predicted octanol–water partition coefficient (Wildman–Crippen LogP) is 3.78. The summed E-state index contributed by atoms with van der Waals surface area (Å²) < 4.78 is 15.9. The summed E-state index contributed by atoms with van der Waals surface area (Å²) in [7, 11) is 4.67. The molecule has 0 spiro atoms. The lowest BCUT2D eigenvalue weighted by Crippen LogP contribution is -2.02. The minimum atomic E-state index is 0.237. The number of ether oxygens (including phenoxy) is 3. The van der Waals surface area contributed by atoms with Gasteiger partial charge >= 0.3 is 6.01 Å². The molecular formula is C22H22N4O3. The van der Waals surface area contributed by atoms with Gasteiger partial charge in [-0.05, 0) is 29.9 Å². The Bertz CT molecular complexity index is 1020. The second-order valence-corrected chi connectivity index (χ2v) is 6.75. The molecular weight excluding hydrogens is 368 g/mol. The van der Waals surface area contributed by atoms with Gasteiger partial charge in [0.25, 0.3) is 0 Å². The molecule has 0 aliphatic heterocycles. The zero-order chi connectivity index (χ0) is 20.2. The molecule has 1 aliphatic carbocycles. The fourth-order valence-electron chi connectivity index (χ4n) is 3.32. The van der Waals surface area contributed by atoms with E-state index in [4.69, 9.17) is 14.2 Å². The Labute approximate surface area is 169 Å². The number of allylic oxidation sites excluding steroid dienone is 1. The Kier molecular flexibility index (Phi) is 5.37. The van der Waals surface area contributed by atoms with Gasteiger partial charge in [-0.3, -0.25) is 0 Å². The topological polar surface area (TPSA) is 79.2 Å². The van der Waals surface area contributed by atoms with Crippen LogP contribution in [0.4, 0.5) is 0 Å². The third-order valence-electron chi connectivity index (χ3n) is 4.94. The van der Waals surface area contributed by atoms with E-state index >= 15 is 0 Å². The smallest absolute Gasteiger partial charge is 0.319 e. The zero-order valence-corrected chi connectivity index (χ0v) is 16.6. The van der Waals surface area contributed by atoms with Crippen LogP contribution in [0.5, 0.6) is 17.8 Å². The first-order valence-electron chi connectivity index (χ1n) is 9.33. The van der Waals surface area contributed by atoms with E-state index in [1.54, 1.807) is 20.4 Å². The monoisotopic (exact) mass is 390 g/mol. The van der Waals surface area contributed by atoms with Crippen molar-refractivity contribution in [2.24, 2.45) is 5.92 Å². The highest BCUT2D eigenvalue weighted by atomic mass is 16.5. The summed E-state index contributed by atoms with van der Waals surface area (Å²) in [4.78, 5) is 8.40. The van der Waals surface area contributed by atoms with Crippen LogP contribution in [-0.2, 0) is 0 Å². The Morgan fingerprint density at radius 2 is 1.76 bits per heavy atom. The SMILES string of the molecule is COc1ncc(-c2cc(C3C[C@@H]3/C=C/c3ccccc3)c(OC)nn2)c(OC)n1. The van der Waals surface area contributed by atoms with Crippen LogP contribution in [0.25, 0.3) is 17.3 Å². The number of hydrogen-bond donors (Lipinski definition) is 0. The molecule has 0 bridgehead atoms. The molecule has 0 amide bonds. The average molecular weight is 390 g/mol. The van der Waals surface area contributed by atoms with Crippen molar-refractivity contribution in [1.82, 2.24) is 20.2 Å². The Balaban J connectivity index is 1.61. The molecule has 1 aromatic carbocycles. The molecule has 29 heavy (non-hydrogen) atoms. The molecule has 1 fully saturated rings. The van der Waals surface area contributed by atoms with Crippen LogP contribution in [0, 0.1) is 5.92 Å². The van der Waals surface area contributed by atoms with Gasteiger partial charge in [0.1, 0.15) is 5.69 Å². The third-order valence-corrected chi connectivity index (χ3v) is 4.94. The number of rotatable bonds is 7. The number of methoxy groups -OCH3 is 3. The van der Waals surface area contributed by atoms with Gasteiger partial charge in [-0.25, -0.2) is 4.98 Å². The van der Waals surface area contributed by atoms with Crippen molar-refractivity contribution < 1.29 is 14.2 Å². The highest BCUT2D eigenvalue weighted by Crippen LogP contribution is 2.51. The van der Waals surface area contributed by atoms with Crippen LogP contribution in [0.2, 0.25) is 0 Å². The van der Waals surface area contributed by atoms with E-state index in [1.807, 2.05) is 24.3 Å². The lowest BCUT2D eigenvalue weighted by Gasteiger charge is -2.10. The second kappa shape index (κ2) is 8.26. The van der Waals surface area contributed by atoms with E-state index in [1.165, 1.54) is 12.7 Å². The minimum absolute atomic E-state index is 0.237. The lowest BCUT2D eigenvalue weighted by atomic mass is 10.1. The maximum atomic E-state index is 5.46. The summed E-state index contributed by atoms with van der Waals surface area (Å²) in [5.74, 6) is 1.71. The molecule has 7 nitrogen and oxygen atoms in total. The number of benzene rings is 1. The summed E-state index contributed by atoms with van der Waals surface area (Å²) in [5, 5.41) is 8.55. The Hall–Kier alpha value is -3.48. The van der Waals surface area contributed by atoms with Crippen molar-refractivity contribution in [1.29, 1.82) is 0 Å². The number of hydrogen-bond acceptors (Lipinski definition) is 7. The van der Waals surface area contributed by atoms with Crippen molar-refractivity contribution in [2.75, 3.05) is 21.3 Å². The molecule has 0 radical (unpaired) electrons. The first kappa shape index (κ1) is 18.9. The first-order chi connectivity index (χ1) is 14.2. The van der Waals surface area contributed by atoms with Gasteiger partial charge in [0.15, 0.2) is 0 Å². The summed E-state index contributed by atoms with van der Waals surface area (Å²) in [6, 6.07) is 12.5. The largest absolute Gasteiger partial charge is 0.480 e. The lowest BCUT2D eigenvalue weighted by molar-refractivity contribution is 0.353. The maximum Gasteiger partial charge on any atom is 0.319 e. The molecule has 4 rings (SSSR count). The van der Waals surface area contributed by atoms with Gasteiger partial charge in [-0.2, -0.15) is 4.98 Å².